The lowest BCUT2D eigenvalue weighted by atomic mass is 9.99. The molecule has 1 aromatic heterocycles. The summed E-state index contributed by atoms with van der Waals surface area (Å²) < 4.78 is 0. The Balaban J connectivity index is 1.88. The first kappa shape index (κ1) is 11.6. The Morgan fingerprint density at radius 3 is 2.81 bits per heavy atom. The predicted molar refractivity (Wildman–Crippen MR) is 65.5 cm³/mol. The third kappa shape index (κ3) is 2.82. The quantitative estimate of drug-likeness (QED) is 0.791. The fourth-order valence-electron chi connectivity index (χ4n) is 2.01. The molecule has 2 rings (SSSR count). The van der Waals surface area contributed by atoms with Crippen molar-refractivity contribution >= 4 is 17.2 Å². The van der Waals surface area contributed by atoms with Gasteiger partial charge in [0.1, 0.15) is 0 Å². The van der Waals surface area contributed by atoms with Gasteiger partial charge in [-0.3, -0.25) is 4.79 Å². The van der Waals surface area contributed by atoms with Crippen LogP contribution in [0.4, 0.5) is 0 Å². The molecule has 1 fully saturated rings. The summed E-state index contributed by atoms with van der Waals surface area (Å²) >= 11 is 1.61. The zero-order valence-corrected chi connectivity index (χ0v) is 10.7. The van der Waals surface area contributed by atoms with Crippen LogP contribution in [-0.2, 0) is 11.2 Å². The van der Waals surface area contributed by atoms with Gasteiger partial charge in [0.25, 0.3) is 0 Å². The van der Waals surface area contributed by atoms with E-state index >= 15 is 0 Å². The SMILES string of the molecule is Cc1nc(CC(=O)N2CCC(C)CC2)cs1. The number of nitrogens with zero attached hydrogens (tertiary/aromatic N) is 2. The van der Waals surface area contributed by atoms with Crippen molar-refractivity contribution in [3.8, 4) is 0 Å². The number of aromatic nitrogens is 1. The average Bonchev–Trinajstić information content (AvgIpc) is 2.65. The number of piperidine rings is 1. The molecule has 0 aromatic carbocycles. The van der Waals surface area contributed by atoms with E-state index in [0.717, 1.165) is 42.6 Å². The molecule has 1 aliphatic heterocycles. The Labute approximate surface area is 100 Å². The van der Waals surface area contributed by atoms with E-state index < -0.39 is 0 Å². The van der Waals surface area contributed by atoms with Crippen molar-refractivity contribution in [2.24, 2.45) is 5.92 Å². The minimum Gasteiger partial charge on any atom is -0.342 e. The maximum atomic E-state index is 12.0. The topological polar surface area (TPSA) is 33.2 Å². The number of likely N-dealkylation sites (tertiary alicyclic amines) is 1. The number of thiazole rings is 1. The van der Waals surface area contributed by atoms with Gasteiger partial charge in [0.2, 0.25) is 5.91 Å². The minimum absolute atomic E-state index is 0.234. The van der Waals surface area contributed by atoms with Crippen LogP contribution in [0.5, 0.6) is 0 Å². The van der Waals surface area contributed by atoms with Crippen molar-refractivity contribution in [2.75, 3.05) is 13.1 Å². The maximum absolute atomic E-state index is 12.0. The van der Waals surface area contributed by atoms with E-state index in [2.05, 4.69) is 11.9 Å². The number of aryl methyl sites for hydroxylation is 1. The molecule has 16 heavy (non-hydrogen) atoms. The second-order valence-electron chi connectivity index (χ2n) is 4.60. The van der Waals surface area contributed by atoms with Crippen molar-refractivity contribution in [3.63, 3.8) is 0 Å². The van der Waals surface area contributed by atoms with Gasteiger partial charge in [-0.2, -0.15) is 0 Å². The maximum Gasteiger partial charge on any atom is 0.228 e. The molecule has 4 heteroatoms. The van der Waals surface area contributed by atoms with Crippen LogP contribution in [-0.4, -0.2) is 28.9 Å². The lowest BCUT2D eigenvalue weighted by Crippen LogP contribution is -2.38. The first-order valence-corrected chi connectivity index (χ1v) is 6.72. The van der Waals surface area contributed by atoms with Crippen LogP contribution in [0.1, 0.15) is 30.5 Å². The third-order valence-corrected chi connectivity index (χ3v) is 3.96. The Bertz CT molecular complexity index is 367. The van der Waals surface area contributed by atoms with Gasteiger partial charge in [-0.15, -0.1) is 11.3 Å². The van der Waals surface area contributed by atoms with Crippen LogP contribution < -0.4 is 0 Å². The van der Waals surface area contributed by atoms with Crippen molar-refractivity contribution in [1.82, 2.24) is 9.88 Å². The first-order chi connectivity index (χ1) is 7.65. The van der Waals surface area contributed by atoms with Gasteiger partial charge in [0.05, 0.1) is 17.1 Å². The van der Waals surface area contributed by atoms with E-state index in [0.29, 0.717) is 6.42 Å². The number of carbonyl (C=O) groups excluding carboxylic acids is 1. The highest BCUT2D eigenvalue weighted by atomic mass is 32.1. The third-order valence-electron chi connectivity index (χ3n) is 3.14. The zero-order chi connectivity index (χ0) is 11.5. The normalized spacial score (nSPS) is 17.8. The summed E-state index contributed by atoms with van der Waals surface area (Å²) in [6.45, 7) is 6.07. The molecule has 0 spiro atoms. The number of hydrogen-bond donors (Lipinski definition) is 0. The molecule has 1 amide bonds. The second-order valence-corrected chi connectivity index (χ2v) is 5.66. The lowest BCUT2D eigenvalue weighted by molar-refractivity contribution is -0.131. The molecular weight excluding hydrogens is 220 g/mol. The molecule has 3 nitrogen and oxygen atoms in total. The van der Waals surface area contributed by atoms with E-state index in [1.165, 1.54) is 0 Å². The van der Waals surface area contributed by atoms with Crippen molar-refractivity contribution in [1.29, 1.82) is 0 Å². The molecule has 1 saturated heterocycles. The van der Waals surface area contributed by atoms with Crippen LogP contribution in [0, 0.1) is 12.8 Å². The molecule has 1 aromatic rings. The van der Waals surface area contributed by atoms with E-state index in [1.54, 1.807) is 11.3 Å². The summed E-state index contributed by atoms with van der Waals surface area (Å²) in [7, 11) is 0. The van der Waals surface area contributed by atoms with Crippen LogP contribution in [0.2, 0.25) is 0 Å². The molecule has 0 bridgehead atoms. The molecule has 1 aliphatic rings. The van der Waals surface area contributed by atoms with Crippen molar-refractivity contribution in [3.05, 3.63) is 16.1 Å². The molecule has 0 aliphatic carbocycles. The lowest BCUT2D eigenvalue weighted by Gasteiger charge is -2.30. The fraction of sp³-hybridized carbons (Fsp3) is 0.667. The monoisotopic (exact) mass is 238 g/mol. The summed E-state index contributed by atoms with van der Waals surface area (Å²) in [4.78, 5) is 18.3. The predicted octanol–water partition coefficient (Wildman–Crippen LogP) is 2.25. The van der Waals surface area contributed by atoms with Gasteiger partial charge < -0.3 is 4.90 Å². The van der Waals surface area contributed by atoms with Gasteiger partial charge in [-0.1, -0.05) is 6.92 Å². The molecular formula is C12H18N2OS. The highest BCUT2D eigenvalue weighted by molar-refractivity contribution is 7.09. The summed E-state index contributed by atoms with van der Waals surface area (Å²) in [5.41, 5.74) is 0.922. The average molecular weight is 238 g/mol. The Hall–Kier alpha value is -0.900. The van der Waals surface area contributed by atoms with Crippen LogP contribution in [0.3, 0.4) is 0 Å². The zero-order valence-electron chi connectivity index (χ0n) is 9.90. The first-order valence-electron chi connectivity index (χ1n) is 5.84. The largest absolute Gasteiger partial charge is 0.342 e. The number of hydrogen-bond acceptors (Lipinski definition) is 3. The highest BCUT2D eigenvalue weighted by Gasteiger charge is 2.20. The molecule has 0 radical (unpaired) electrons. The Morgan fingerprint density at radius 2 is 2.25 bits per heavy atom. The standard InChI is InChI=1S/C12H18N2OS/c1-9-3-5-14(6-4-9)12(15)7-11-8-16-10(2)13-11/h8-9H,3-7H2,1-2H3. The van der Waals surface area contributed by atoms with Gasteiger partial charge >= 0.3 is 0 Å². The summed E-state index contributed by atoms with van der Waals surface area (Å²) in [6, 6.07) is 0. The molecule has 2 heterocycles. The van der Waals surface area contributed by atoms with Crippen LogP contribution in [0.15, 0.2) is 5.38 Å². The van der Waals surface area contributed by atoms with Gasteiger partial charge in [0, 0.05) is 18.5 Å². The molecule has 0 N–H and O–H groups in total. The van der Waals surface area contributed by atoms with Crippen molar-refractivity contribution < 1.29 is 4.79 Å². The Kier molecular flexibility index (Phi) is 3.59. The number of carbonyl (C=O) groups is 1. The number of amides is 1. The fourth-order valence-corrected chi connectivity index (χ4v) is 2.63. The Morgan fingerprint density at radius 1 is 1.56 bits per heavy atom. The van der Waals surface area contributed by atoms with Gasteiger partial charge in [0.15, 0.2) is 0 Å². The van der Waals surface area contributed by atoms with E-state index in [4.69, 9.17) is 0 Å². The summed E-state index contributed by atoms with van der Waals surface area (Å²) in [5.74, 6) is 1.00. The van der Waals surface area contributed by atoms with Crippen LogP contribution in [0.25, 0.3) is 0 Å². The van der Waals surface area contributed by atoms with Gasteiger partial charge in [-0.25, -0.2) is 4.98 Å². The molecule has 88 valence electrons. The second kappa shape index (κ2) is 4.95. The molecule has 0 unspecified atom stereocenters. The summed E-state index contributed by atoms with van der Waals surface area (Å²) in [5, 5.41) is 3.02. The minimum atomic E-state index is 0.234. The van der Waals surface area contributed by atoms with Gasteiger partial charge in [-0.05, 0) is 25.7 Å². The van der Waals surface area contributed by atoms with Crippen LogP contribution >= 0.6 is 11.3 Å². The molecule has 0 saturated carbocycles. The number of rotatable bonds is 2. The van der Waals surface area contributed by atoms with E-state index in [9.17, 15) is 4.79 Å². The molecule has 0 atom stereocenters. The van der Waals surface area contributed by atoms with E-state index in [1.807, 2.05) is 17.2 Å². The van der Waals surface area contributed by atoms with Crippen molar-refractivity contribution in [2.45, 2.75) is 33.1 Å². The van der Waals surface area contributed by atoms with E-state index in [-0.39, 0.29) is 5.91 Å². The highest BCUT2D eigenvalue weighted by Crippen LogP contribution is 2.17. The smallest absolute Gasteiger partial charge is 0.228 e. The summed E-state index contributed by atoms with van der Waals surface area (Å²) in [6.07, 6.45) is 2.75.